The van der Waals surface area contributed by atoms with Crippen LogP contribution in [0.5, 0.6) is 0 Å². The van der Waals surface area contributed by atoms with E-state index >= 15 is 0 Å². The lowest BCUT2D eigenvalue weighted by atomic mass is 10.2. The highest BCUT2D eigenvalue weighted by molar-refractivity contribution is 6.74. The van der Waals surface area contributed by atoms with Crippen molar-refractivity contribution >= 4 is 8.32 Å². The maximum Gasteiger partial charge on any atom is 0.192 e. The minimum atomic E-state index is -1.69. The second-order valence-corrected chi connectivity index (χ2v) is 9.68. The van der Waals surface area contributed by atoms with Gasteiger partial charge in [0.1, 0.15) is 0 Å². The second-order valence-electron chi connectivity index (χ2n) is 4.87. The van der Waals surface area contributed by atoms with Gasteiger partial charge in [0, 0.05) is 0 Å². The maximum atomic E-state index is 9.27. The van der Waals surface area contributed by atoms with Crippen molar-refractivity contribution in [3.63, 3.8) is 0 Å². The minimum absolute atomic E-state index is 0.202. The molecule has 0 bridgehead atoms. The van der Waals surface area contributed by atoms with Gasteiger partial charge in [0.05, 0.1) is 12.7 Å². The van der Waals surface area contributed by atoms with Gasteiger partial charge < -0.3 is 9.53 Å². The standard InChI is InChI=1S/C10H22O2Si/c1-7-9(11)8-12-13(5,6)10(2,3)4/h7,9,11H,1,8H2,2-6H3/t9-/m1/s1. The van der Waals surface area contributed by atoms with Crippen LogP contribution in [0.4, 0.5) is 0 Å². The SMILES string of the molecule is C=C[C@@H](O)CO[Si](C)(C)C(C)(C)C. The number of rotatable bonds is 4. The topological polar surface area (TPSA) is 29.5 Å². The first kappa shape index (κ1) is 12.9. The highest BCUT2D eigenvalue weighted by Gasteiger charge is 2.37. The summed E-state index contributed by atoms with van der Waals surface area (Å²) >= 11 is 0. The normalized spacial score (nSPS) is 15.5. The molecule has 0 aliphatic rings. The van der Waals surface area contributed by atoms with Crippen LogP contribution in [0, 0.1) is 0 Å². The monoisotopic (exact) mass is 202 g/mol. The summed E-state index contributed by atoms with van der Waals surface area (Å²) in [6.07, 6.45) is 0.974. The molecular formula is C10H22O2Si. The van der Waals surface area contributed by atoms with E-state index in [2.05, 4.69) is 40.4 Å². The van der Waals surface area contributed by atoms with E-state index in [1.54, 1.807) is 0 Å². The summed E-state index contributed by atoms with van der Waals surface area (Å²) in [6.45, 7) is 14.8. The van der Waals surface area contributed by atoms with E-state index in [0.717, 1.165) is 0 Å². The lowest BCUT2D eigenvalue weighted by molar-refractivity contribution is 0.135. The molecule has 0 rings (SSSR count). The van der Waals surface area contributed by atoms with Crippen molar-refractivity contribution in [3.05, 3.63) is 12.7 Å². The van der Waals surface area contributed by atoms with E-state index in [0.29, 0.717) is 6.61 Å². The maximum absolute atomic E-state index is 9.27. The van der Waals surface area contributed by atoms with Crippen LogP contribution in [-0.4, -0.2) is 26.1 Å². The van der Waals surface area contributed by atoms with Gasteiger partial charge >= 0.3 is 0 Å². The molecule has 0 amide bonds. The summed E-state index contributed by atoms with van der Waals surface area (Å²) in [5, 5.41) is 9.47. The van der Waals surface area contributed by atoms with Crippen LogP contribution in [0.3, 0.4) is 0 Å². The summed E-state index contributed by atoms with van der Waals surface area (Å²) in [6, 6.07) is 0. The second kappa shape index (κ2) is 4.40. The Morgan fingerprint density at radius 3 is 2.23 bits per heavy atom. The van der Waals surface area contributed by atoms with Gasteiger partial charge in [0.25, 0.3) is 0 Å². The largest absolute Gasteiger partial charge is 0.414 e. The molecule has 0 fully saturated rings. The Morgan fingerprint density at radius 2 is 1.92 bits per heavy atom. The van der Waals surface area contributed by atoms with E-state index < -0.39 is 14.4 Å². The first-order chi connectivity index (χ1) is 5.70. The fourth-order valence-electron chi connectivity index (χ4n) is 0.578. The summed E-state index contributed by atoms with van der Waals surface area (Å²) in [5.74, 6) is 0. The Morgan fingerprint density at radius 1 is 1.46 bits per heavy atom. The smallest absolute Gasteiger partial charge is 0.192 e. The van der Waals surface area contributed by atoms with Crippen molar-refractivity contribution in [3.8, 4) is 0 Å². The molecule has 2 nitrogen and oxygen atoms in total. The van der Waals surface area contributed by atoms with Gasteiger partial charge in [0.2, 0.25) is 0 Å². The Balaban J connectivity index is 4.11. The molecule has 0 heterocycles. The van der Waals surface area contributed by atoms with Crippen molar-refractivity contribution in [2.45, 2.75) is 45.0 Å². The first-order valence-corrected chi connectivity index (χ1v) is 7.56. The Kier molecular flexibility index (Phi) is 4.36. The van der Waals surface area contributed by atoms with Crippen LogP contribution >= 0.6 is 0 Å². The molecule has 1 atom stereocenters. The van der Waals surface area contributed by atoms with Crippen LogP contribution in [0.15, 0.2) is 12.7 Å². The zero-order chi connectivity index (χ0) is 10.7. The summed E-state index contributed by atoms with van der Waals surface area (Å²) < 4.78 is 5.76. The van der Waals surface area contributed by atoms with Crippen molar-refractivity contribution in [2.24, 2.45) is 0 Å². The lowest BCUT2D eigenvalue weighted by Gasteiger charge is -2.36. The number of hydrogen-bond donors (Lipinski definition) is 1. The van der Waals surface area contributed by atoms with E-state index in [1.165, 1.54) is 6.08 Å². The molecule has 0 aromatic heterocycles. The average Bonchev–Trinajstić information content (AvgIpc) is 1.98. The molecular weight excluding hydrogens is 180 g/mol. The first-order valence-electron chi connectivity index (χ1n) is 4.65. The molecule has 0 aliphatic carbocycles. The highest BCUT2D eigenvalue weighted by Crippen LogP contribution is 2.36. The summed E-state index contributed by atoms with van der Waals surface area (Å²) in [5.41, 5.74) is 0. The molecule has 0 aromatic carbocycles. The molecule has 0 unspecified atom stereocenters. The van der Waals surface area contributed by atoms with Crippen LogP contribution in [0.25, 0.3) is 0 Å². The highest BCUT2D eigenvalue weighted by atomic mass is 28.4. The Hall–Kier alpha value is -0.123. The third kappa shape index (κ3) is 4.07. The quantitative estimate of drug-likeness (QED) is 0.561. The van der Waals surface area contributed by atoms with Crippen LogP contribution < -0.4 is 0 Å². The molecule has 1 N–H and O–H groups in total. The van der Waals surface area contributed by atoms with Gasteiger partial charge in [-0.2, -0.15) is 0 Å². The molecule has 0 saturated heterocycles. The van der Waals surface area contributed by atoms with Crippen molar-refractivity contribution < 1.29 is 9.53 Å². The molecule has 0 saturated carbocycles. The number of aliphatic hydroxyl groups excluding tert-OH is 1. The van der Waals surface area contributed by atoms with Gasteiger partial charge in [-0.15, -0.1) is 6.58 Å². The molecule has 0 radical (unpaired) electrons. The van der Waals surface area contributed by atoms with E-state index in [4.69, 9.17) is 4.43 Å². The Bertz CT molecular complexity index is 170. The summed E-state index contributed by atoms with van der Waals surface area (Å²) in [4.78, 5) is 0. The molecule has 3 heteroatoms. The zero-order valence-electron chi connectivity index (χ0n) is 9.42. The predicted molar refractivity (Wildman–Crippen MR) is 59.4 cm³/mol. The van der Waals surface area contributed by atoms with Gasteiger partial charge in [-0.05, 0) is 18.1 Å². The zero-order valence-corrected chi connectivity index (χ0v) is 10.4. The molecule has 0 aliphatic heterocycles. The third-order valence-electron chi connectivity index (χ3n) is 2.69. The van der Waals surface area contributed by atoms with Crippen molar-refractivity contribution in [1.82, 2.24) is 0 Å². The summed E-state index contributed by atoms with van der Waals surface area (Å²) in [7, 11) is -1.69. The Labute approximate surface area is 82.7 Å². The average molecular weight is 202 g/mol. The molecule has 78 valence electrons. The fraction of sp³-hybridized carbons (Fsp3) is 0.800. The third-order valence-corrected chi connectivity index (χ3v) is 7.19. The van der Waals surface area contributed by atoms with Gasteiger partial charge in [-0.1, -0.05) is 26.8 Å². The van der Waals surface area contributed by atoms with Crippen LogP contribution in [-0.2, 0) is 4.43 Å². The molecule has 0 spiro atoms. The predicted octanol–water partition coefficient (Wildman–Crippen LogP) is 2.56. The molecule has 13 heavy (non-hydrogen) atoms. The van der Waals surface area contributed by atoms with Crippen molar-refractivity contribution in [2.75, 3.05) is 6.61 Å². The van der Waals surface area contributed by atoms with E-state index in [9.17, 15) is 5.11 Å². The van der Waals surface area contributed by atoms with E-state index in [1.807, 2.05) is 0 Å². The van der Waals surface area contributed by atoms with Crippen LogP contribution in [0.2, 0.25) is 18.1 Å². The fourth-order valence-corrected chi connectivity index (χ4v) is 1.60. The van der Waals surface area contributed by atoms with E-state index in [-0.39, 0.29) is 5.04 Å². The van der Waals surface area contributed by atoms with Gasteiger partial charge in [-0.3, -0.25) is 0 Å². The minimum Gasteiger partial charge on any atom is -0.414 e. The number of hydrogen-bond acceptors (Lipinski definition) is 2. The lowest BCUT2D eigenvalue weighted by Crippen LogP contribution is -2.42. The van der Waals surface area contributed by atoms with Crippen molar-refractivity contribution in [1.29, 1.82) is 0 Å². The van der Waals surface area contributed by atoms with Crippen LogP contribution in [0.1, 0.15) is 20.8 Å². The number of aliphatic hydroxyl groups is 1. The molecule has 0 aromatic rings. The van der Waals surface area contributed by atoms with Gasteiger partial charge in [0.15, 0.2) is 8.32 Å². The van der Waals surface area contributed by atoms with Gasteiger partial charge in [-0.25, -0.2) is 0 Å².